The zero-order valence-corrected chi connectivity index (χ0v) is 9.48. The van der Waals surface area contributed by atoms with Crippen LogP contribution in [0.3, 0.4) is 0 Å². The van der Waals surface area contributed by atoms with E-state index in [9.17, 15) is 4.79 Å². The molecule has 1 aromatic rings. The van der Waals surface area contributed by atoms with Gasteiger partial charge in [-0.1, -0.05) is 0 Å². The van der Waals surface area contributed by atoms with Crippen LogP contribution in [-0.2, 0) is 4.74 Å². The smallest absolute Gasteiger partial charge is 0.253 e. The SMILES string of the molecule is NNc1cnccc1C(=O)NC1CCCOC1. The lowest BCUT2D eigenvalue weighted by Crippen LogP contribution is -2.40. The molecule has 0 aromatic carbocycles. The van der Waals surface area contributed by atoms with Gasteiger partial charge in [-0.05, 0) is 18.9 Å². The molecule has 1 saturated heterocycles. The van der Waals surface area contributed by atoms with Crippen LogP contribution < -0.4 is 16.6 Å². The van der Waals surface area contributed by atoms with Crippen LogP contribution in [0.1, 0.15) is 23.2 Å². The highest BCUT2D eigenvalue weighted by molar-refractivity contribution is 5.99. The number of nitrogen functional groups attached to an aromatic ring is 1. The zero-order valence-electron chi connectivity index (χ0n) is 9.48. The summed E-state index contributed by atoms with van der Waals surface area (Å²) in [7, 11) is 0. The van der Waals surface area contributed by atoms with E-state index in [1.54, 1.807) is 12.3 Å². The Hall–Kier alpha value is -1.66. The molecule has 17 heavy (non-hydrogen) atoms. The fraction of sp³-hybridized carbons (Fsp3) is 0.455. The van der Waals surface area contributed by atoms with Crippen molar-refractivity contribution in [3.05, 3.63) is 24.0 Å². The van der Waals surface area contributed by atoms with Gasteiger partial charge in [0.25, 0.3) is 5.91 Å². The Labute approximate surface area is 99.5 Å². The summed E-state index contributed by atoms with van der Waals surface area (Å²) in [5.41, 5.74) is 3.47. The molecule has 0 bridgehead atoms. The first-order chi connectivity index (χ1) is 8.31. The molecule has 6 nitrogen and oxygen atoms in total. The predicted octanol–water partition coefficient (Wildman–Crippen LogP) is 0.276. The molecule has 6 heteroatoms. The largest absolute Gasteiger partial charge is 0.379 e. The third-order valence-corrected chi connectivity index (χ3v) is 2.72. The van der Waals surface area contributed by atoms with Gasteiger partial charge in [0.15, 0.2) is 0 Å². The molecule has 1 amide bonds. The van der Waals surface area contributed by atoms with E-state index in [4.69, 9.17) is 10.6 Å². The molecule has 1 unspecified atom stereocenters. The summed E-state index contributed by atoms with van der Waals surface area (Å²) in [6, 6.07) is 1.71. The monoisotopic (exact) mass is 236 g/mol. The third-order valence-electron chi connectivity index (χ3n) is 2.72. The second-order valence-electron chi connectivity index (χ2n) is 3.95. The number of rotatable bonds is 3. The Morgan fingerprint density at radius 1 is 1.59 bits per heavy atom. The van der Waals surface area contributed by atoms with Crippen LogP contribution in [0, 0.1) is 0 Å². The fourth-order valence-electron chi connectivity index (χ4n) is 1.83. The van der Waals surface area contributed by atoms with Crippen molar-refractivity contribution in [2.24, 2.45) is 5.84 Å². The zero-order chi connectivity index (χ0) is 12.1. The van der Waals surface area contributed by atoms with Gasteiger partial charge < -0.3 is 15.5 Å². The molecule has 2 heterocycles. The minimum atomic E-state index is -0.157. The van der Waals surface area contributed by atoms with E-state index in [1.165, 1.54) is 6.20 Å². The van der Waals surface area contributed by atoms with Gasteiger partial charge in [-0.2, -0.15) is 0 Å². The Kier molecular flexibility index (Phi) is 3.89. The lowest BCUT2D eigenvalue weighted by molar-refractivity contribution is 0.0624. The maximum atomic E-state index is 12.0. The normalized spacial score (nSPS) is 19.7. The van der Waals surface area contributed by atoms with Gasteiger partial charge in [-0.15, -0.1) is 0 Å². The number of hydrazine groups is 1. The van der Waals surface area contributed by atoms with Crippen molar-refractivity contribution in [2.45, 2.75) is 18.9 Å². The maximum Gasteiger partial charge on any atom is 0.253 e. The fourth-order valence-corrected chi connectivity index (χ4v) is 1.83. The molecule has 0 aliphatic carbocycles. The number of aromatic nitrogens is 1. The summed E-state index contributed by atoms with van der Waals surface area (Å²) in [6.07, 6.45) is 5.00. The summed E-state index contributed by atoms with van der Waals surface area (Å²) < 4.78 is 5.31. The molecule has 1 atom stereocenters. The molecule has 1 aliphatic heterocycles. The molecule has 0 radical (unpaired) electrons. The highest BCUT2D eigenvalue weighted by Crippen LogP contribution is 2.13. The van der Waals surface area contributed by atoms with Crippen molar-refractivity contribution >= 4 is 11.6 Å². The predicted molar refractivity (Wildman–Crippen MR) is 63.4 cm³/mol. The summed E-state index contributed by atoms with van der Waals surface area (Å²) in [4.78, 5) is 15.9. The number of carbonyl (C=O) groups is 1. The Morgan fingerprint density at radius 3 is 3.18 bits per heavy atom. The van der Waals surface area contributed by atoms with Crippen molar-refractivity contribution in [3.8, 4) is 0 Å². The van der Waals surface area contributed by atoms with Crippen molar-refractivity contribution in [3.63, 3.8) is 0 Å². The molecule has 4 N–H and O–H groups in total. The Morgan fingerprint density at radius 2 is 2.47 bits per heavy atom. The van der Waals surface area contributed by atoms with Gasteiger partial charge in [0, 0.05) is 12.8 Å². The number of ether oxygens (including phenoxy) is 1. The van der Waals surface area contributed by atoms with Crippen molar-refractivity contribution in [2.75, 3.05) is 18.6 Å². The minimum absolute atomic E-state index is 0.0787. The molecule has 0 saturated carbocycles. The first-order valence-corrected chi connectivity index (χ1v) is 5.60. The van der Waals surface area contributed by atoms with Gasteiger partial charge in [-0.3, -0.25) is 15.6 Å². The molecular formula is C11H16N4O2. The molecule has 1 aliphatic rings. The Bertz CT molecular complexity index is 391. The number of carbonyl (C=O) groups excluding carboxylic acids is 1. The molecule has 0 spiro atoms. The van der Waals surface area contributed by atoms with E-state index in [0.717, 1.165) is 19.4 Å². The summed E-state index contributed by atoms with van der Waals surface area (Å²) in [5, 5.41) is 2.92. The third kappa shape index (κ3) is 2.92. The number of nitrogens with two attached hydrogens (primary N) is 1. The summed E-state index contributed by atoms with van der Waals surface area (Å²) >= 11 is 0. The second-order valence-corrected chi connectivity index (χ2v) is 3.95. The van der Waals surface area contributed by atoms with Crippen molar-refractivity contribution < 1.29 is 9.53 Å². The van der Waals surface area contributed by atoms with E-state index >= 15 is 0 Å². The van der Waals surface area contributed by atoms with Gasteiger partial charge in [0.05, 0.1) is 30.1 Å². The maximum absolute atomic E-state index is 12.0. The van der Waals surface area contributed by atoms with Gasteiger partial charge in [0.1, 0.15) is 0 Å². The average molecular weight is 236 g/mol. The first kappa shape index (κ1) is 11.8. The van der Waals surface area contributed by atoms with Crippen LogP contribution in [-0.4, -0.2) is 30.1 Å². The highest BCUT2D eigenvalue weighted by Gasteiger charge is 2.18. The van der Waals surface area contributed by atoms with Crippen LogP contribution in [0.5, 0.6) is 0 Å². The molecule has 2 rings (SSSR count). The van der Waals surface area contributed by atoms with Crippen LogP contribution in [0.4, 0.5) is 5.69 Å². The lowest BCUT2D eigenvalue weighted by atomic mass is 10.1. The molecule has 92 valence electrons. The standard InChI is InChI=1S/C11H16N4O2/c12-15-10-6-13-4-3-9(10)11(16)14-8-2-1-5-17-7-8/h3-4,6,8,15H,1-2,5,7,12H2,(H,14,16). The number of hydrogen-bond donors (Lipinski definition) is 3. The topological polar surface area (TPSA) is 89.3 Å². The molecule has 1 aromatic heterocycles. The van der Waals surface area contributed by atoms with E-state index < -0.39 is 0 Å². The molecular weight excluding hydrogens is 220 g/mol. The van der Waals surface area contributed by atoms with Crippen LogP contribution in [0.2, 0.25) is 0 Å². The Balaban J connectivity index is 2.03. The van der Waals surface area contributed by atoms with Gasteiger partial charge >= 0.3 is 0 Å². The second kappa shape index (κ2) is 5.60. The number of hydrogen-bond acceptors (Lipinski definition) is 5. The average Bonchev–Trinajstić information content (AvgIpc) is 2.40. The molecule has 1 fully saturated rings. The van der Waals surface area contributed by atoms with Gasteiger partial charge in [-0.25, -0.2) is 0 Å². The lowest BCUT2D eigenvalue weighted by Gasteiger charge is -2.23. The van der Waals surface area contributed by atoms with Gasteiger partial charge in [0.2, 0.25) is 0 Å². The number of anilines is 1. The quantitative estimate of drug-likeness (QED) is 0.518. The van der Waals surface area contributed by atoms with Crippen LogP contribution in [0.15, 0.2) is 18.5 Å². The van der Waals surface area contributed by atoms with Crippen molar-refractivity contribution in [1.82, 2.24) is 10.3 Å². The van der Waals surface area contributed by atoms with Crippen LogP contribution >= 0.6 is 0 Å². The number of nitrogens with zero attached hydrogens (tertiary/aromatic N) is 1. The summed E-state index contributed by atoms with van der Waals surface area (Å²) in [5.74, 6) is 5.17. The number of nitrogens with one attached hydrogen (secondary N) is 2. The first-order valence-electron chi connectivity index (χ1n) is 5.60. The van der Waals surface area contributed by atoms with E-state index in [-0.39, 0.29) is 11.9 Å². The minimum Gasteiger partial charge on any atom is -0.379 e. The highest BCUT2D eigenvalue weighted by atomic mass is 16.5. The van der Waals surface area contributed by atoms with E-state index in [2.05, 4.69) is 15.7 Å². The number of pyridine rings is 1. The van der Waals surface area contributed by atoms with E-state index in [1.807, 2.05) is 0 Å². The van der Waals surface area contributed by atoms with Crippen LogP contribution in [0.25, 0.3) is 0 Å². The number of amides is 1. The summed E-state index contributed by atoms with van der Waals surface area (Å²) in [6.45, 7) is 1.35. The van der Waals surface area contributed by atoms with Crippen molar-refractivity contribution in [1.29, 1.82) is 0 Å². The van der Waals surface area contributed by atoms with E-state index in [0.29, 0.717) is 17.9 Å².